The first-order valence-corrected chi connectivity index (χ1v) is 5.43. The number of halogens is 2. The van der Waals surface area contributed by atoms with Crippen molar-refractivity contribution in [3.05, 3.63) is 46.0 Å². The molecule has 0 atom stereocenters. The van der Waals surface area contributed by atoms with Crippen LogP contribution in [-0.2, 0) is 0 Å². The molecule has 2 heterocycles. The molecule has 2 aromatic rings. The number of hydrogen-bond acceptors (Lipinski definition) is 5. The summed E-state index contributed by atoms with van der Waals surface area (Å²) in [6.45, 7) is 1.86. The van der Waals surface area contributed by atoms with Gasteiger partial charge in [0.05, 0.1) is 5.69 Å². The molecule has 2 aromatic heterocycles. The molecule has 0 aliphatic carbocycles. The lowest BCUT2D eigenvalue weighted by Crippen LogP contribution is -2.00. The van der Waals surface area contributed by atoms with Crippen LogP contribution in [0, 0.1) is 6.92 Å². The van der Waals surface area contributed by atoms with Crippen LogP contribution in [-0.4, -0.2) is 31.5 Å². The minimum atomic E-state index is -1.11. The summed E-state index contributed by atoms with van der Waals surface area (Å²) in [4.78, 5) is 10.2. The van der Waals surface area contributed by atoms with E-state index in [2.05, 4.69) is 20.4 Å². The molecule has 18 heavy (non-hydrogen) atoms. The van der Waals surface area contributed by atoms with E-state index in [1.165, 1.54) is 12.1 Å². The Morgan fingerprint density at radius 3 is 1.89 bits per heavy atom. The zero-order valence-electron chi connectivity index (χ0n) is 9.21. The van der Waals surface area contributed by atoms with Crippen molar-refractivity contribution in [2.24, 2.45) is 0 Å². The lowest BCUT2D eigenvalue weighted by atomic mass is 10.4. The zero-order chi connectivity index (χ0) is 13.5. The SMILES string of the molecule is Cc1ccc(Cl)nn1.O=C(O)c1ccc(Cl)nn1. The Morgan fingerprint density at radius 1 is 1.00 bits per heavy atom. The van der Waals surface area contributed by atoms with E-state index in [0.29, 0.717) is 5.15 Å². The summed E-state index contributed by atoms with van der Waals surface area (Å²) in [5.41, 5.74) is 0.777. The first kappa shape index (κ1) is 14.3. The minimum absolute atomic E-state index is 0.107. The molecule has 0 saturated heterocycles. The Morgan fingerprint density at radius 2 is 1.56 bits per heavy atom. The van der Waals surface area contributed by atoms with Crippen LogP contribution in [0.15, 0.2) is 24.3 Å². The minimum Gasteiger partial charge on any atom is -0.476 e. The second-order valence-electron chi connectivity index (χ2n) is 3.04. The van der Waals surface area contributed by atoms with E-state index in [4.69, 9.17) is 28.3 Å². The van der Waals surface area contributed by atoms with Crippen molar-refractivity contribution in [1.82, 2.24) is 20.4 Å². The van der Waals surface area contributed by atoms with Crippen molar-refractivity contribution in [2.45, 2.75) is 6.92 Å². The highest BCUT2D eigenvalue weighted by Gasteiger charge is 2.02. The van der Waals surface area contributed by atoms with E-state index < -0.39 is 5.97 Å². The normalized spacial score (nSPS) is 9.28. The third kappa shape index (κ3) is 5.03. The maximum atomic E-state index is 10.2. The van der Waals surface area contributed by atoms with Gasteiger partial charge in [-0.15, -0.1) is 15.3 Å². The predicted octanol–water partition coefficient (Wildman–Crippen LogP) is 2.27. The fourth-order valence-electron chi connectivity index (χ4n) is 0.813. The molecule has 1 N–H and O–H groups in total. The maximum absolute atomic E-state index is 10.2. The van der Waals surface area contributed by atoms with Crippen LogP contribution >= 0.6 is 23.2 Å². The molecule has 0 bridgehead atoms. The van der Waals surface area contributed by atoms with Crippen molar-refractivity contribution in [1.29, 1.82) is 0 Å². The molecular formula is C10H8Cl2N4O2. The number of carboxylic acid groups (broad SMARTS) is 1. The smallest absolute Gasteiger partial charge is 0.356 e. The topological polar surface area (TPSA) is 88.9 Å². The van der Waals surface area contributed by atoms with Crippen molar-refractivity contribution >= 4 is 29.2 Å². The molecule has 8 heteroatoms. The number of hydrogen-bond donors (Lipinski definition) is 1. The molecule has 0 fully saturated rings. The Balaban J connectivity index is 0.000000184. The summed E-state index contributed by atoms with van der Waals surface area (Å²) in [6, 6.07) is 6.19. The van der Waals surface area contributed by atoms with Crippen LogP contribution in [0.4, 0.5) is 0 Å². The van der Waals surface area contributed by atoms with Crippen LogP contribution in [0.3, 0.4) is 0 Å². The third-order valence-corrected chi connectivity index (χ3v) is 2.02. The molecule has 0 unspecified atom stereocenters. The average molecular weight is 287 g/mol. The van der Waals surface area contributed by atoms with Gasteiger partial charge in [-0.25, -0.2) is 4.79 Å². The summed E-state index contributed by atoms with van der Waals surface area (Å²) in [5, 5.41) is 22.9. The number of nitrogens with zero attached hydrogens (tertiary/aromatic N) is 4. The lowest BCUT2D eigenvalue weighted by Gasteiger charge is -1.89. The fourth-order valence-corrected chi connectivity index (χ4v) is 1.01. The molecule has 2 rings (SSSR count). The molecule has 0 aliphatic rings. The molecule has 0 amide bonds. The van der Waals surface area contributed by atoms with Gasteiger partial charge in [0, 0.05) is 0 Å². The van der Waals surface area contributed by atoms with Gasteiger partial charge >= 0.3 is 5.97 Å². The van der Waals surface area contributed by atoms with E-state index in [1.807, 2.05) is 13.0 Å². The van der Waals surface area contributed by atoms with Gasteiger partial charge in [0.1, 0.15) is 0 Å². The number of aromatic carboxylic acids is 1. The van der Waals surface area contributed by atoms with Gasteiger partial charge in [0.2, 0.25) is 0 Å². The van der Waals surface area contributed by atoms with Crippen molar-refractivity contribution in [2.75, 3.05) is 0 Å². The molecule has 6 nitrogen and oxygen atoms in total. The Kier molecular flexibility index (Phi) is 5.41. The van der Waals surface area contributed by atoms with Gasteiger partial charge in [-0.3, -0.25) is 0 Å². The number of aryl methyl sites for hydroxylation is 1. The maximum Gasteiger partial charge on any atom is 0.356 e. The lowest BCUT2D eigenvalue weighted by molar-refractivity contribution is 0.0689. The summed E-state index contributed by atoms with van der Waals surface area (Å²) >= 11 is 10.8. The van der Waals surface area contributed by atoms with E-state index in [0.717, 1.165) is 5.69 Å². The van der Waals surface area contributed by atoms with E-state index in [-0.39, 0.29) is 10.8 Å². The standard InChI is InChI=1S/C5H3ClN2O2.C5H5ClN2/c6-4-2-1-3(5(9)10)7-8-4;1-4-2-3-5(6)8-7-4/h1-2H,(H,9,10);2-3H,1H3. The summed E-state index contributed by atoms with van der Waals surface area (Å²) < 4.78 is 0. The predicted molar refractivity (Wildman–Crippen MR) is 65.8 cm³/mol. The van der Waals surface area contributed by atoms with Crippen LogP contribution in [0.5, 0.6) is 0 Å². The van der Waals surface area contributed by atoms with Crippen LogP contribution in [0.25, 0.3) is 0 Å². The van der Waals surface area contributed by atoms with Gasteiger partial charge in [-0.05, 0) is 31.2 Å². The molecule has 0 aliphatic heterocycles. The summed E-state index contributed by atoms with van der Waals surface area (Å²) in [7, 11) is 0. The van der Waals surface area contributed by atoms with Gasteiger partial charge < -0.3 is 5.11 Å². The Hall–Kier alpha value is -1.79. The second kappa shape index (κ2) is 6.83. The number of carbonyl (C=O) groups is 1. The number of carboxylic acids is 1. The third-order valence-electron chi connectivity index (χ3n) is 1.62. The number of aromatic nitrogens is 4. The van der Waals surface area contributed by atoms with Crippen molar-refractivity contribution < 1.29 is 9.90 Å². The first-order chi connectivity index (χ1) is 8.49. The van der Waals surface area contributed by atoms with Crippen molar-refractivity contribution in [3.8, 4) is 0 Å². The van der Waals surface area contributed by atoms with E-state index in [1.54, 1.807) is 6.07 Å². The molecular weight excluding hydrogens is 279 g/mol. The molecule has 94 valence electrons. The Labute approximate surface area is 113 Å². The molecule has 0 spiro atoms. The van der Waals surface area contributed by atoms with Gasteiger partial charge in [-0.2, -0.15) is 5.10 Å². The monoisotopic (exact) mass is 286 g/mol. The van der Waals surface area contributed by atoms with Crippen molar-refractivity contribution in [3.63, 3.8) is 0 Å². The average Bonchev–Trinajstić information content (AvgIpc) is 2.34. The van der Waals surface area contributed by atoms with Crippen LogP contribution < -0.4 is 0 Å². The molecule has 0 saturated carbocycles. The van der Waals surface area contributed by atoms with Gasteiger partial charge in [0.25, 0.3) is 0 Å². The van der Waals surface area contributed by atoms with E-state index >= 15 is 0 Å². The van der Waals surface area contributed by atoms with Gasteiger partial charge in [-0.1, -0.05) is 23.2 Å². The quantitative estimate of drug-likeness (QED) is 0.865. The summed E-state index contributed by atoms with van der Waals surface area (Å²) in [6.07, 6.45) is 0. The largest absolute Gasteiger partial charge is 0.476 e. The highest BCUT2D eigenvalue weighted by molar-refractivity contribution is 6.29. The first-order valence-electron chi connectivity index (χ1n) is 4.67. The zero-order valence-corrected chi connectivity index (χ0v) is 10.7. The highest BCUT2D eigenvalue weighted by Crippen LogP contribution is 2.01. The molecule has 0 aromatic carbocycles. The van der Waals surface area contributed by atoms with Gasteiger partial charge in [0.15, 0.2) is 16.0 Å². The number of rotatable bonds is 1. The second-order valence-corrected chi connectivity index (χ2v) is 3.82. The highest BCUT2D eigenvalue weighted by atomic mass is 35.5. The fraction of sp³-hybridized carbons (Fsp3) is 0.100. The summed E-state index contributed by atoms with van der Waals surface area (Å²) in [5.74, 6) is -1.11. The van der Waals surface area contributed by atoms with Crippen LogP contribution in [0.1, 0.15) is 16.2 Å². The van der Waals surface area contributed by atoms with E-state index in [9.17, 15) is 4.79 Å². The Bertz CT molecular complexity index is 495. The van der Waals surface area contributed by atoms with Crippen LogP contribution in [0.2, 0.25) is 10.3 Å². The molecule has 0 radical (unpaired) electrons.